The number of rotatable bonds is 6. The molecule has 0 atom stereocenters. The van der Waals surface area contributed by atoms with Crippen LogP contribution in [0, 0.1) is 5.82 Å². The van der Waals surface area contributed by atoms with Gasteiger partial charge in [-0.25, -0.2) is 9.18 Å². The molecule has 1 rings (SSSR count). The van der Waals surface area contributed by atoms with Crippen LogP contribution in [0.25, 0.3) is 0 Å². The van der Waals surface area contributed by atoms with Gasteiger partial charge in [-0.2, -0.15) is 13.2 Å². The molecule has 0 saturated heterocycles. The summed E-state index contributed by atoms with van der Waals surface area (Å²) in [6.07, 6.45) is -4.69. The van der Waals surface area contributed by atoms with Crippen molar-refractivity contribution in [3.05, 3.63) is 35.1 Å². The fourth-order valence-electron chi connectivity index (χ4n) is 1.37. The quantitative estimate of drug-likeness (QED) is 0.619. The van der Waals surface area contributed by atoms with Crippen LogP contribution >= 0.6 is 0 Å². The molecule has 0 fully saturated rings. The maximum Gasteiger partial charge on any atom is 0.416 e. The Morgan fingerprint density at radius 2 is 1.95 bits per heavy atom. The Morgan fingerprint density at radius 3 is 2.52 bits per heavy atom. The van der Waals surface area contributed by atoms with Crippen molar-refractivity contribution in [2.45, 2.75) is 6.18 Å². The average Bonchev–Trinajstić information content (AvgIpc) is 2.36. The fourth-order valence-corrected chi connectivity index (χ4v) is 1.37. The first kappa shape index (κ1) is 16.9. The van der Waals surface area contributed by atoms with E-state index >= 15 is 0 Å². The van der Waals surface area contributed by atoms with Crippen LogP contribution in [0.5, 0.6) is 0 Å². The number of carboxylic acid groups (broad SMARTS) is 1. The van der Waals surface area contributed by atoms with Gasteiger partial charge in [-0.05, 0) is 18.2 Å². The van der Waals surface area contributed by atoms with Crippen LogP contribution in [0.1, 0.15) is 15.9 Å². The normalized spacial score (nSPS) is 11.2. The predicted octanol–water partition coefficient (Wildman–Crippen LogP) is 1.68. The third-order valence-electron chi connectivity index (χ3n) is 2.30. The Hall–Kier alpha value is -2.16. The molecule has 0 unspecified atom stereocenters. The largest absolute Gasteiger partial charge is 0.480 e. The van der Waals surface area contributed by atoms with Crippen LogP contribution in [-0.4, -0.2) is 36.7 Å². The number of nitrogens with one attached hydrogen (secondary N) is 1. The van der Waals surface area contributed by atoms with Gasteiger partial charge in [-0.1, -0.05) is 0 Å². The highest BCUT2D eigenvalue weighted by molar-refractivity contribution is 5.94. The van der Waals surface area contributed by atoms with Crippen molar-refractivity contribution < 1.29 is 37.0 Å². The molecule has 0 aliphatic carbocycles. The van der Waals surface area contributed by atoms with E-state index in [2.05, 4.69) is 10.1 Å². The molecule has 0 spiro atoms. The number of alkyl halides is 3. The van der Waals surface area contributed by atoms with Crippen molar-refractivity contribution in [3.63, 3.8) is 0 Å². The molecule has 116 valence electrons. The fraction of sp³-hybridized carbons (Fsp3) is 0.333. The lowest BCUT2D eigenvalue weighted by Crippen LogP contribution is -2.29. The molecular weight excluding hydrogens is 298 g/mol. The first-order chi connectivity index (χ1) is 9.71. The van der Waals surface area contributed by atoms with Gasteiger partial charge in [0, 0.05) is 6.54 Å². The smallest absolute Gasteiger partial charge is 0.416 e. The highest BCUT2D eigenvalue weighted by Crippen LogP contribution is 2.30. The summed E-state index contributed by atoms with van der Waals surface area (Å²) in [6.45, 7) is -0.909. The Bertz CT molecular complexity index is 530. The number of halogens is 4. The summed E-state index contributed by atoms with van der Waals surface area (Å²) >= 11 is 0. The van der Waals surface area contributed by atoms with E-state index in [1.54, 1.807) is 0 Å². The van der Waals surface area contributed by atoms with E-state index in [-0.39, 0.29) is 13.2 Å². The van der Waals surface area contributed by atoms with Crippen LogP contribution in [0.15, 0.2) is 18.2 Å². The van der Waals surface area contributed by atoms with Gasteiger partial charge >= 0.3 is 12.1 Å². The van der Waals surface area contributed by atoms with E-state index in [0.717, 1.165) is 0 Å². The Morgan fingerprint density at radius 1 is 1.29 bits per heavy atom. The highest BCUT2D eigenvalue weighted by atomic mass is 19.4. The van der Waals surface area contributed by atoms with E-state index in [4.69, 9.17) is 5.11 Å². The van der Waals surface area contributed by atoms with Gasteiger partial charge in [-0.3, -0.25) is 4.79 Å². The summed E-state index contributed by atoms with van der Waals surface area (Å²) in [7, 11) is 0. The first-order valence-corrected chi connectivity index (χ1v) is 5.66. The van der Waals surface area contributed by atoms with Gasteiger partial charge in [0.2, 0.25) is 0 Å². The third kappa shape index (κ3) is 5.38. The van der Waals surface area contributed by atoms with Crippen LogP contribution in [0.3, 0.4) is 0 Å². The number of carbonyl (C=O) groups is 2. The van der Waals surface area contributed by atoms with Crippen molar-refractivity contribution in [1.29, 1.82) is 0 Å². The Balaban J connectivity index is 2.63. The molecule has 0 aliphatic rings. The number of hydrogen-bond donors (Lipinski definition) is 2. The molecule has 1 amide bonds. The van der Waals surface area contributed by atoms with Gasteiger partial charge < -0.3 is 15.2 Å². The molecule has 0 radical (unpaired) electrons. The van der Waals surface area contributed by atoms with Crippen LogP contribution in [0.4, 0.5) is 17.6 Å². The van der Waals surface area contributed by atoms with Crippen molar-refractivity contribution >= 4 is 11.9 Å². The molecule has 1 aromatic carbocycles. The van der Waals surface area contributed by atoms with E-state index in [9.17, 15) is 27.2 Å². The number of aliphatic carboxylic acids is 1. The molecule has 2 N–H and O–H groups in total. The number of carbonyl (C=O) groups excluding carboxylic acids is 1. The number of amides is 1. The zero-order valence-electron chi connectivity index (χ0n) is 10.5. The SMILES string of the molecule is O=C(O)COCCNC(=O)c1cc(C(F)(F)F)ccc1F. The minimum atomic E-state index is -4.69. The van der Waals surface area contributed by atoms with Crippen LogP contribution < -0.4 is 5.32 Å². The number of carboxylic acids is 1. The summed E-state index contributed by atoms with van der Waals surface area (Å²) in [4.78, 5) is 21.7. The number of benzene rings is 1. The molecule has 0 bridgehead atoms. The minimum absolute atomic E-state index is 0.165. The Kier molecular flexibility index (Phi) is 5.65. The molecule has 0 aliphatic heterocycles. The standard InChI is InChI=1S/C12H11F4NO4/c13-9-2-1-7(12(14,15)16)5-8(9)11(20)17-3-4-21-6-10(18)19/h1-2,5H,3-4,6H2,(H,17,20)(H,18,19). The molecule has 21 heavy (non-hydrogen) atoms. The topological polar surface area (TPSA) is 75.6 Å². The number of ether oxygens (including phenoxy) is 1. The lowest BCUT2D eigenvalue weighted by atomic mass is 10.1. The second kappa shape index (κ2) is 7.02. The van der Waals surface area contributed by atoms with Crippen LogP contribution in [0.2, 0.25) is 0 Å². The maximum atomic E-state index is 13.4. The molecule has 9 heteroatoms. The van der Waals surface area contributed by atoms with E-state index in [1.165, 1.54) is 0 Å². The van der Waals surface area contributed by atoms with Crippen molar-refractivity contribution in [2.24, 2.45) is 0 Å². The van der Waals surface area contributed by atoms with Crippen molar-refractivity contribution in [2.75, 3.05) is 19.8 Å². The molecule has 0 saturated carbocycles. The average molecular weight is 309 g/mol. The van der Waals surface area contributed by atoms with Gasteiger partial charge in [0.05, 0.1) is 17.7 Å². The van der Waals surface area contributed by atoms with Gasteiger partial charge in [0.25, 0.3) is 5.91 Å². The zero-order valence-corrected chi connectivity index (χ0v) is 10.5. The number of hydrogen-bond acceptors (Lipinski definition) is 3. The molecule has 0 heterocycles. The molecule has 5 nitrogen and oxygen atoms in total. The van der Waals surface area contributed by atoms with Crippen molar-refractivity contribution in [1.82, 2.24) is 5.32 Å². The summed E-state index contributed by atoms with van der Waals surface area (Å²) < 4.78 is 55.3. The highest BCUT2D eigenvalue weighted by Gasteiger charge is 2.31. The van der Waals surface area contributed by atoms with Crippen LogP contribution in [-0.2, 0) is 15.7 Å². The summed E-state index contributed by atoms with van der Waals surface area (Å²) in [5.74, 6) is -3.34. The van der Waals surface area contributed by atoms with E-state index in [0.29, 0.717) is 18.2 Å². The summed E-state index contributed by atoms with van der Waals surface area (Å²) in [5.41, 5.74) is -1.89. The second-order valence-electron chi connectivity index (χ2n) is 3.89. The maximum absolute atomic E-state index is 13.4. The minimum Gasteiger partial charge on any atom is -0.480 e. The van der Waals surface area contributed by atoms with Gasteiger partial charge in [-0.15, -0.1) is 0 Å². The van der Waals surface area contributed by atoms with E-state index in [1.807, 2.05) is 0 Å². The molecule has 1 aromatic rings. The molecule has 0 aromatic heterocycles. The van der Waals surface area contributed by atoms with E-state index < -0.39 is 41.6 Å². The van der Waals surface area contributed by atoms with Gasteiger partial charge in [0.15, 0.2) is 0 Å². The third-order valence-corrected chi connectivity index (χ3v) is 2.30. The molecular formula is C12H11F4NO4. The lowest BCUT2D eigenvalue weighted by molar-refractivity contribution is -0.142. The lowest BCUT2D eigenvalue weighted by Gasteiger charge is -2.10. The Labute approximate surface area is 116 Å². The second-order valence-corrected chi connectivity index (χ2v) is 3.89. The first-order valence-electron chi connectivity index (χ1n) is 5.66. The zero-order chi connectivity index (χ0) is 16.0. The summed E-state index contributed by atoms with van der Waals surface area (Å²) in [6, 6.07) is 1.49. The van der Waals surface area contributed by atoms with Gasteiger partial charge in [0.1, 0.15) is 12.4 Å². The predicted molar refractivity (Wildman–Crippen MR) is 62.2 cm³/mol. The summed E-state index contributed by atoms with van der Waals surface area (Å²) in [5, 5.41) is 10.4. The van der Waals surface area contributed by atoms with Crippen molar-refractivity contribution in [3.8, 4) is 0 Å². The monoisotopic (exact) mass is 309 g/mol.